The molecular formula is C8H6F4N2O3. The van der Waals surface area contributed by atoms with Crippen molar-refractivity contribution in [3.05, 3.63) is 27.6 Å². The van der Waals surface area contributed by atoms with Crippen molar-refractivity contribution in [2.24, 2.45) is 0 Å². The first-order valence-electron chi connectivity index (χ1n) is 4.21. The third kappa shape index (κ3) is 3.26. The summed E-state index contributed by atoms with van der Waals surface area (Å²) in [5, 5.41) is 10.5. The second-order valence-electron chi connectivity index (χ2n) is 2.99. The summed E-state index contributed by atoms with van der Waals surface area (Å²) in [7, 11) is 0. The van der Waals surface area contributed by atoms with Crippen LogP contribution in [0.3, 0.4) is 0 Å². The highest BCUT2D eigenvalue weighted by atomic mass is 19.4. The van der Waals surface area contributed by atoms with E-state index < -0.39 is 35.1 Å². The summed E-state index contributed by atoms with van der Waals surface area (Å²) in [6.45, 7) is -0.0544. The summed E-state index contributed by atoms with van der Waals surface area (Å²) in [4.78, 5) is 12.9. The van der Waals surface area contributed by atoms with Crippen molar-refractivity contribution < 1.29 is 27.2 Å². The molecule has 0 aromatic carbocycles. The lowest BCUT2D eigenvalue weighted by Gasteiger charge is -2.11. The van der Waals surface area contributed by atoms with Gasteiger partial charge in [-0.2, -0.15) is 0 Å². The predicted molar refractivity (Wildman–Crippen MR) is 47.1 cm³/mol. The van der Waals surface area contributed by atoms with Gasteiger partial charge in [-0.3, -0.25) is 15.1 Å². The summed E-state index contributed by atoms with van der Waals surface area (Å²) in [5.41, 5.74) is -1.70. The highest BCUT2D eigenvalue weighted by Gasteiger charge is 2.36. The van der Waals surface area contributed by atoms with Crippen LogP contribution in [0.25, 0.3) is 0 Å². The SMILES string of the molecule is Cc1nc(CF)cc([N+](=O)[O-])c1OC(F)(F)F. The molecule has 1 heterocycles. The Balaban J connectivity index is 3.32. The van der Waals surface area contributed by atoms with Crippen molar-refractivity contribution in [3.63, 3.8) is 0 Å². The van der Waals surface area contributed by atoms with E-state index in [1.807, 2.05) is 0 Å². The van der Waals surface area contributed by atoms with E-state index in [0.29, 0.717) is 6.07 Å². The van der Waals surface area contributed by atoms with Gasteiger partial charge in [0, 0.05) is 6.07 Å². The van der Waals surface area contributed by atoms with Crippen LogP contribution < -0.4 is 4.74 Å². The van der Waals surface area contributed by atoms with E-state index in [1.54, 1.807) is 0 Å². The zero-order chi connectivity index (χ0) is 13.2. The zero-order valence-corrected chi connectivity index (χ0v) is 8.42. The summed E-state index contributed by atoms with van der Waals surface area (Å²) in [6.07, 6.45) is -5.07. The maximum Gasteiger partial charge on any atom is 0.573 e. The molecule has 17 heavy (non-hydrogen) atoms. The maximum atomic E-state index is 12.3. The minimum absolute atomic E-state index is 0.330. The third-order valence-electron chi connectivity index (χ3n) is 1.73. The van der Waals surface area contributed by atoms with Gasteiger partial charge in [0.05, 0.1) is 16.3 Å². The quantitative estimate of drug-likeness (QED) is 0.472. The Bertz CT molecular complexity index is 447. The van der Waals surface area contributed by atoms with Crippen molar-refractivity contribution in [2.75, 3.05) is 0 Å². The molecule has 0 spiro atoms. The highest BCUT2D eigenvalue weighted by molar-refractivity contribution is 5.49. The number of alkyl halides is 4. The maximum absolute atomic E-state index is 12.3. The number of ether oxygens (including phenoxy) is 1. The molecule has 0 aliphatic heterocycles. The smallest absolute Gasteiger partial charge is 0.396 e. The molecule has 0 atom stereocenters. The van der Waals surface area contributed by atoms with Crippen LogP contribution in [0.15, 0.2) is 6.07 Å². The van der Waals surface area contributed by atoms with Gasteiger partial charge in [0.15, 0.2) is 0 Å². The van der Waals surface area contributed by atoms with Gasteiger partial charge >= 0.3 is 12.0 Å². The number of pyridine rings is 1. The van der Waals surface area contributed by atoms with Gasteiger partial charge in [-0.1, -0.05) is 0 Å². The molecule has 94 valence electrons. The molecule has 0 saturated heterocycles. The van der Waals surface area contributed by atoms with Crippen LogP contribution in [0, 0.1) is 17.0 Å². The third-order valence-corrected chi connectivity index (χ3v) is 1.73. The van der Waals surface area contributed by atoms with Crippen molar-refractivity contribution in [1.82, 2.24) is 4.98 Å². The lowest BCUT2D eigenvalue weighted by atomic mass is 10.2. The number of hydrogen-bond donors (Lipinski definition) is 0. The Morgan fingerprint density at radius 1 is 1.53 bits per heavy atom. The van der Waals surface area contributed by atoms with Crippen LogP contribution in [0.4, 0.5) is 23.2 Å². The molecule has 9 heteroatoms. The van der Waals surface area contributed by atoms with E-state index in [4.69, 9.17) is 0 Å². The first-order chi connectivity index (χ1) is 7.74. The summed E-state index contributed by atoms with van der Waals surface area (Å²) >= 11 is 0. The topological polar surface area (TPSA) is 65.3 Å². The summed E-state index contributed by atoms with van der Waals surface area (Å²) < 4.78 is 51.8. The predicted octanol–water partition coefficient (Wildman–Crippen LogP) is 2.67. The largest absolute Gasteiger partial charge is 0.573 e. The molecule has 0 unspecified atom stereocenters. The van der Waals surface area contributed by atoms with Crippen LogP contribution in [0.1, 0.15) is 11.4 Å². The minimum Gasteiger partial charge on any atom is -0.396 e. The van der Waals surface area contributed by atoms with E-state index in [9.17, 15) is 27.7 Å². The van der Waals surface area contributed by atoms with Gasteiger partial charge in [0.25, 0.3) is 0 Å². The van der Waals surface area contributed by atoms with Crippen LogP contribution >= 0.6 is 0 Å². The number of aromatic nitrogens is 1. The normalized spacial score (nSPS) is 11.4. The second-order valence-corrected chi connectivity index (χ2v) is 2.99. The summed E-state index contributed by atoms with van der Waals surface area (Å²) in [5.74, 6) is -1.03. The van der Waals surface area contributed by atoms with Gasteiger partial charge in [0.2, 0.25) is 5.75 Å². The number of rotatable bonds is 3. The lowest BCUT2D eigenvalue weighted by Crippen LogP contribution is -2.19. The van der Waals surface area contributed by atoms with Crippen LogP contribution in [0.5, 0.6) is 5.75 Å². The second kappa shape index (κ2) is 4.52. The molecule has 0 fully saturated rings. The summed E-state index contributed by atoms with van der Waals surface area (Å²) in [6, 6.07) is 0.605. The number of nitrogens with zero attached hydrogens (tertiary/aromatic N) is 2. The van der Waals surface area contributed by atoms with Crippen LogP contribution in [-0.2, 0) is 6.67 Å². The molecule has 0 amide bonds. The number of halogens is 4. The van der Waals surface area contributed by atoms with Gasteiger partial charge in [0.1, 0.15) is 6.67 Å². The lowest BCUT2D eigenvalue weighted by molar-refractivity contribution is -0.388. The number of nitro groups is 1. The standard InChI is InChI=1S/C8H6F4N2O3/c1-4-7(17-8(10,11)12)6(14(15)16)2-5(3-9)13-4/h2H,3H2,1H3. The van der Waals surface area contributed by atoms with Crippen molar-refractivity contribution >= 4 is 5.69 Å². The Kier molecular flexibility index (Phi) is 3.49. The molecule has 0 aliphatic rings. The van der Waals surface area contributed by atoms with E-state index in [2.05, 4.69) is 9.72 Å². The van der Waals surface area contributed by atoms with Crippen molar-refractivity contribution in [3.8, 4) is 5.75 Å². The molecule has 0 radical (unpaired) electrons. The van der Waals surface area contributed by atoms with Gasteiger partial charge in [-0.25, -0.2) is 4.39 Å². The Morgan fingerprint density at radius 2 is 2.12 bits per heavy atom. The molecule has 0 saturated carbocycles. The van der Waals surface area contributed by atoms with Gasteiger partial charge in [-0.15, -0.1) is 13.2 Å². The van der Waals surface area contributed by atoms with Crippen LogP contribution in [0.2, 0.25) is 0 Å². The molecule has 1 rings (SSSR count). The monoisotopic (exact) mass is 254 g/mol. The van der Waals surface area contributed by atoms with E-state index in [1.165, 1.54) is 0 Å². The molecule has 0 bridgehead atoms. The average molecular weight is 254 g/mol. The average Bonchev–Trinajstić information content (AvgIpc) is 2.18. The number of aryl methyl sites for hydroxylation is 1. The molecule has 5 nitrogen and oxygen atoms in total. The van der Waals surface area contributed by atoms with Gasteiger partial charge < -0.3 is 4.74 Å². The van der Waals surface area contributed by atoms with E-state index >= 15 is 0 Å². The van der Waals surface area contributed by atoms with Gasteiger partial charge in [-0.05, 0) is 6.92 Å². The molecule has 1 aromatic rings. The fraction of sp³-hybridized carbons (Fsp3) is 0.375. The molecule has 0 N–H and O–H groups in total. The molecule has 1 aromatic heterocycles. The van der Waals surface area contributed by atoms with Crippen LogP contribution in [-0.4, -0.2) is 16.3 Å². The minimum atomic E-state index is -5.07. The Labute approximate surface area is 92.2 Å². The van der Waals surface area contributed by atoms with Crippen molar-refractivity contribution in [1.29, 1.82) is 0 Å². The Hall–Kier alpha value is -1.93. The molecule has 0 aliphatic carbocycles. The van der Waals surface area contributed by atoms with Crippen molar-refractivity contribution in [2.45, 2.75) is 20.0 Å². The van der Waals surface area contributed by atoms with E-state index in [0.717, 1.165) is 6.92 Å². The fourth-order valence-electron chi connectivity index (χ4n) is 1.15. The fourth-order valence-corrected chi connectivity index (χ4v) is 1.15. The Morgan fingerprint density at radius 3 is 2.53 bits per heavy atom. The van der Waals surface area contributed by atoms with E-state index in [-0.39, 0.29) is 5.69 Å². The molecular weight excluding hydrogens is 248 g/mol. The zero-order valence-electron chi connectivity index (χ0n) is 8.42. The first kappa shape index (κ1) is 13.1. The first-order valence-corrected chi connectivity index (χ1v) is 4.21. The number of hydrogen-bond acceptors (Lipinski definition) is 4. The highest BCUT2D eigenvalue weighted by Crippen LogP contribution is 2.34.